The van der Waals surface area contributed by atoms with Gasteiger partial charge in [0.05, 0.1) is 19.1 Å². The Hall–Kier alpha value is -3.71. The molecule has 1 N–H and O–H groups in total. The van der Waals surface area contributed by atoms with Crippen LogP contribution in [0.1, 0.15) is 21.5 Å². The first-order valence-electron chi connectivity index (χ1n) is 9.24. The normalized spacial score (nSPS) is 10.5. The van der Waals surface area contributed by atoms with Crippen LogP contribution < -0.4 is 9.47 Å². The number of benzene rings is 3. The van der Waals surface area contributed by atoms with Gasteiger partial charge in [-0.25, -0.2) is 0 Å². The van der Waals surface area contributed by atoms with Crippen molar-refractivity contribution >= 4 is 11.5 Å². The van der Waals surface area contributed by atoms with Crippen LogP contribution in [-0.2, 0) is 6.42 Å². The lowest BCUT2D eigenvalue weighted by Crippen LogP contribution is -2.06. The second-order valence-corrected chi connectivity index (χ2v) is 6.52. The first kappa shape index (κ1) is 21.0. The van der Waals surface area contributed by atoms with Gasteiger partial charge < -0.3 is 14.6 Å². The van der Waals surface area contributed by atoms with E-state index < -0.39 is 4.92 Å². The SMILES string of the molecule is COc1cc(CCO)c(-c2ccccc2C(=O)c2ccc([N+](=O)[O-])cc2)cc1OC. The van der Waals surface area contributed by atoms with E-state index in [1.807, 2.05) is 12.1 Å². The lowest BCUT2D eigenvalue weighted by Gasteiger charge is -2.17. The Morgan fingerprint density at radius 2 is 1.60 bits per heavy atom. The van der Waals surface area contributed by atoms with Gasteiger partial charge in [-0.3, -0.25) is 14.9 Å². The zero-order valence-corrected chi connectivity index (χ0v) is 16.6. The van der Waals surface area contributed by atoms with E-state index in [0.717, 1.165) is 11.1 Å². The summed E-state index contributed by atoms with van der Waals surface area (Å²) in [4.78, 5) is 23.6. The number of hydrogen-bond donors (Lipinski definition) is 1. The van der Waals surface area contributed by atoms with E-state index in [0.29, 0.717) is 34.6 Å². The summed E-state index contributed by atoms with van der Waals surface area (Å²) in [6, 6.07) is 16.2. The summed E-state index contributed by atoms with van der Waals surface area (Å²) in [6.07, 6.45) is 0.371. The fourth-order valence-corrected chi connectivity index (χ4v) is 3.31. The van der Waals surface area contributed by atoms with Gasteiger partial charge in [0.25, 0.3) is 5.69 Å². The third-order valence-electron chi connectivity index (χ3n) is 4.79. The van der Waals surface area contributed by atoms with Crippen molar-refractivity contribution in [1.29, 1.82) is 0 Å². The van der Waals surface area contributed by atoms with Gasteiger partial charge in [-0.15, -0.1) is 0 Å². The van der Waals surface area contributed by atoms with Crippen LogP contribution in [0.5, 0.6) is 11.5 Å². The lowest BCUT2D eigenvalue weighted by molar-refractivity contribution is -0.384. The fraction of sp³-hybridized carbons (Fsp3) is 0.174. The Labute approximate surface area is 173 Å². The molecule has 0 aliphatic carbocycles. The number of aliphatic hydroxyl groups is 1. The molecule has 0 aliphatic rings. The van der Waals surface area contributed by atoms with E-state index >= 15 is 0 Å². The highest BCUT2D eigenvalue weighted by atomic mass is 16.6. The molecule has 0 radical (unpaired) electrons. The second kappa shape index (κ2) is 9.19. The maximum Gasteiger partial charge on any atom is 0.269 e. The third-order valence-corrected chi connectivity index (χ3v) is 4.79. The average molecular weight is 407 g/mol. The van der Waals surface area contributed by atoms with Crippen LogP contribution in [0.25, 0.3) is 11.1 Å². The van der Waals surface area contributed by atoms with Crippen LogP contribution in [0.4, 0.5) is 5.69 Å². The van der Waals surface area contributed by atoms with Crippen molar-refractivity contribution in [3.8, 4) is 22.6 Å². The molecule has 154 valence electrons. The molecule has 0 fully saturated rings. The summed E-state index contributed by atoms with van der Waals surface area (Å²) in [5.74, 6) is 0.779. The topological polar surface area (TPSA) is 98.9 Å². The molecule has 0 bridgehead atoms. The number of rotatable bonds is 8. The highest BCUT2D eigenvalue weighted by Crippen LogP contribution is 2.37. The molecule has 3 aromatic carbocycles. The van der Waals surface area contributed by atoms with Crippen LogP contribution >= 0.6 is 0 Å². The van der Waals surface area contributed by atoms with Gasteiger partial charge in [0.1, 0.15) is 0 Å². The molecule has 0 saturated carbocycles. The predicted molar refractivity (Wildman–Crippen MR) is 112 cm³/mol. The number of hydrogen-bond acceptors (Lipinski definition) is 6. The first-order valence-corrected chi connectivity index (χ1v) is 9.24. The van der Waals surface area contributed by atoms with Gasteiger partial charge in [0, 0.05) is 29.9 Å². The van der Waals surface area contributed by atoms with Crippen molar-refractivity contribution in [3.63, 3.8) is 0 Å². The van der Waals surface area contributed by atoms with Gasteiger partial charge in [-0.2, -0.15) is 0 Å². The van der Waals surface area contributed by atoms with E-state index in [1.165, 1.54) is 38.5 Å². The van der Waals surface area contributed by atoms with E-state index in [2.05, 4.69) is 0 Å². The number of aliphatic hydroxyl groups excluding tert-OH is 1. The number of nitrogens with zero attached hydrogens (tertiary/aromatic N) is 1. The lowest BCUT2D eigenvalue weighted by atomic mass is 9.90. The van der Waals surface area contributed by atoms with Crippen LogP contribution in [0.3, 0.4) is 0 Å². The number of nitro groups is 1. The molecule has 0 amide bonds. The molecule has 7 nitrogen and oxygen atoms in total. The van der Waals surface area contributed by atoms with Crippen molar-refractivity contribution in [2.45, 2.75) is 6.42 Å². The van der Waals surface area contributed by atoms with E-state index in [1.54, 1.807) is 24.3 Å². The van der Waals surface area contributed by atoms with Gasteiger partial charge in [-0.05, 0) is 47.4 Å². The Balaban J connectivity index is 2.13. The fourth-order valence-electron chi connectivity index (χ4n) is 3.31. The average Bonchev–Trinajstić information content (AvgIpc) is 2.78. The quantitative estimate of drug-likeness (QED) is 0.344. The zero-order valence-electron chi connectivity index (χ0n) is 16.6. The first-order chi connectivity index (χ1) is 14.5. The molecule has 0 aromatic heterocycles. The molecule has 3 aromatic rings. The van der Waals surface area contributed by atoms with Crippen LogP contribution in [0.15, 0.2) is 60.7 Å². The van der Waals surface area contributed by atoms with Crippen LogP contribution in [-0.4, -0.2) is 36.6 Å². The maximum atomic E-state index is 13.2. The minimum absolute atomic E-state index is 0.0685. The van der Waals surface area contributed by atoms with Crippen molar-refractivity contribution in [3.05, 3.63) is 87.5 Å². The van der Waals surface area contributed by atoms with Crippen molar-refractivity contribution in [2.75, 3.05) is 20.8 Å². The second-order valence-electron chi connectivity index (χ2n) is 6.52. The summed E-state index contributed by atoms with van der Waals surface area (Å²) >= 11 is 0. The minimum Gasteiger partial charge on any atom is -0.493 e. The summed E-state index contributed by atoms with van der Waals surface area (Å²) in [5.41, 5.74) is 2.93. The number of carbonyl (C=O) groups is 1. The molecule has 0 spiro atoms. The molecule has 7 heteroatoms. The van der Waals surface area contributed by atoms with Gasteiger partial charge in [0.2, 0.25) is 0 Å². The number of non-ortho nitro benzene ring substituents is 1. The van der Waals surface area contributed by atoms with Gasteiger partial charge in [-0.1, -0.05) is 24.3 Å². The van der Waals surface area contributed by atoms with Crippen molar-refractivity contribution in [2.24, 2.45) is 0 Å². The van der Waals surface area contributed by atoms with Crippen molar-refractivity contribution < 1.29 is 24.3 Å². The van der Waals surface area contributed by atoms with E-state index in [4.69, 9.17) is 9.47 Å². The number of nitro benzene ring substituents is 1. The molecule has 0 aliphatic heterocycles. The van der Waals surface area contributed by atoms with E-state index in [9.17, 15) is 20.0 Å². The molecule has 0 unspecified atom stereocenters. The summed E-state index contributed by atoms with van der Waals surface area (Å²) in [5, 5.41) is 20.4. The molecule has 30 heavy (non-hydrogen) atoms. The Kier molecular flexibility index (Phi) is 6.44. The summed E-state index contributed by atoms with van der Waals surface area (Å²) in [7, 11) is 3.06. The number of ketones is 1. The maximum absolute atomic E-state index is 13.2. The molecule has 0 atom stereocenters. The predicted octanol–water partition coefficient (Wildman–Crippen LogP) is 4.04. The largest absolute Gasteiger partial charge is 0.493 e. The Morgan fingerprint density at radius 3 is 2.20 bits per heavy atom. The Bertz CT molecular complexity index is 1080. The molecular weight excluding hydrogens is 386 g/mol. The van der Waals surface area contributed by atoms with Crippen LogP contribution in [0, 0.1) is 10.1 Å². The monoisotopic (exact) mass is 407 g/mol. The molecule has 3 rings (SSSR count). The number of ether oxygens (including phenoxy) is 2. The van der Waals surface area contributed by atoms with E-state index in [-0.39, 0.29) is 18.1 Å². The minimum atomic E-state index is -0.507. The molecule has 0 saturated heterocycles. The molecular formula is C23H21NO6. The van der Waals surface area contributed by atoms with Crippen molar-refractivity contribution in [1.82, 2.24) is 0 Å². The molecule has 0 heterocycles. The van der Waals surface area contributed by atoms with Gasteiger partial charge in [0.15, 0.2) is 17.3 Å². The smallest absolute Gasteiger partial charge is 0.269 e. The number of carbonyl (C=O) groups excluding carboxylic acids is 1. The van der Waals surface area contributed by atoms with Gasteiger partial charge >= 0.3 is 0 Å². The summed E-state index contributed by atoms with van der Waals surface area (Å²) in [6.45, 7) is -0.0685. The highest BCUT2D eigenvalue weighted by molar-refractivity contribution is 6.13. The third kappa shape index (κ3) is 4.16. The van der Waals surface area contributed by atoms with Crippen LogP contribution in [0.2, 0.25) is 0 Å². The number of methoxy groups -OCH3 is 2. The standard InChI is InChI=1S/C23H21NO6/c1-29-21-13-16(11-12-25)20(14-22(21)30-2)18-5-3-4-6-19(18)23(26)15-7-9-17(10-8-15)24(27)28/h3-10,13-14,25H,11-12H2,1-2H3. The zero-order chi connectivity index (χ0) is 21.7. The highest BCUT2D eigenvalue weighted by Gasteiger charge is 2.19. The summed E-state index contributed by atoms with van der Waals surface area (Å²) < 4.78 is 10.8. The Morgan fingerprint density at radius 1 is 0.967 bits per heavy atom.